The number of hydrogen-bond donors (Lipinski definition) is 0. The molecule has 0 aromatic heterocycles. The Bertz CT molecular complexity index is 555. The topological polar surface area (TPSA) is 23.8 Å². The zero-order chi connectivity index (χ0) is 13.7. The van der Waals surface area contributed by atoms with Crippen molar-refractivity contribution in [1.29, 1.82) is 5.26 Å². The third-order valence-corrected chi connectivity index (χ3v) is 7.99. The minimum atomic E-state index is -1.69. The molecule has 0 aliphatic heterocycles. The summed E-state index contributed by atoms with van der Waals surface area (Å²) in [4.78, 5) is 0. The molecule has 96 valence electrons. The molecule has 2 heteroatoms. The average Bonchev–Trinajstić information content (AvgIpc) is 2.46. The number of nitrogens with zero attached hydrogens (tertiary/aromatic N) is 1. The lowest BCUT2D eigenvalue weighted by atomic mass is 10.1. The van der Waals surface area contributed by atoms with Crippen LogP contribution >= 0.6 is 0 Å². The number of rotatable bonds is 4. The van der Waals surface area contributed by atoms with Gasteiger partial charge in [0.15, 0.2) is 0 Å². The van der Waals surface area contributed by atoms with Crippen LogP contribution in [0.15, 0.2) is 60.7 Å². The van der Waals surface area contributed by atoms with Crippen LogP contribution < -0.4 is 5.19 Å². The van der Waals surface area contributed by atoms with Crippen molar-refractivity contribution in [3.05, 3.63) is 66.2 Å². The van der Waals surface area contributed by atoms with Gasteiger partial charge in [-0.3, -0.25) is 0 Å². The molecule has 1 nitrogen and oxygen atoms in total. The molecule has 0 N–H and O–H groups in total. The summed E-state index contributed by atoms with van der Waals surface area (Å²) in [5.74, 6) is 0. The van der Waals surface area contributed by atoms with E-state index in [0.29, 0.717) is 12.0 Å². The van der Waals surface area contributed by atoms with E-state index in [1.807, 2.05) is 6.07 Å². The van der Waals surface area contributed by atoms with Gasteiger partial charge in [-0.25, -0.2) is 0 Å². The highest BCUT2D eigenvalue weighted by atomic mass is 28.3. The second-order valence-electron chi connectivity index (χ2n) is 5.41. The van der Waals surface area contributed by atoms with Crippen molar-refractivity contribution in [2.24, 2.45) is 0 Å². The summed E-state index contributed by atoms with van der Waals surface area (Å²) in [7, 11) is -1.69. The van der Waals surface area contributed by atoms with Crippen molar-refractivity contribution in [1.82, 2.24) is 0 Å². The van der Waals surface area contributed by atoms with E-state index in [2.05, 4.69) is 73.8 Å². The second-order valence-corrected chi connectivity index (χ2v) is 10.1. The molecule has 0 amide bonds. The van der Waals surface area contributed by atoms with E-state index in [1.165, 1.54) is 10.8 Å². The molecule has 0 aliphatic carbocycles. The fraction of sp³-hybridized carbons (Fsp3) is 0.235. The quantitative estimate of drug-likeness (QED) is 0.771. The average molecular weight is 265 g/mol. The highest BCUT2D eigenvalue weighted by molar-refractivity contribution is 6.90. The lowest BCUT2D eigenvalue weighted by Crippen LogP contribution is -2.47. The molecule has 0 aliphatic rings. The first-order chi connectivity index (χ1) is 9.16. The Balaban J connectivity index is 2.42. The summed E-state index contributed by atoms with van der Waals surface area (Å²) in [6, 6.07) is 23.5. The maximum Gasteiger partial charge on any atom is 0.0890 e. The lowest BCUT2D eigenvalue weighted by Gasteiger charge is -2.32. The number of hydrogen-bond acceptors (Lipinski definition) is 1. The molecular weight excluding hydrogens is 246 g/mol. The van der Waals surface area contributed by atoms with E-state index >= 15 is 0 Å². The molecule has 0 spiro atoms. The maximum absolute atomic E-state index is 9.18. The number of benzene rings is 2. The molecule has 2 rings (SSSR count). The molecule has 0 bridgehead atoms. The monoisotopic (exact) mass is 265 g/mol. The van der Waals surface area contributed by atoms with Crippen LogP contribution in [0.3, 0.4) is 0 Å². The predicted octanol–water partition coefficient (Wildman–Crippen LogP) is 3.84. The van der Waals surface area contributed by atoms with Crippen LogP contribution in [-0.2, 0) is 0 Å². The highest BCUT2D eigenvalue weighted by Crippen LogP contribution is 2.29. The van der Waals surface area contributed by atoms with E-state index in [0.717, 1.165) is 0 Å². The maximum atomic E-state index is 9.18. The molecule has 0 saturated heterocycles. The third-order valence-electron chi connectivity index (χ3n) is 3.89. The van der Waals surface area contributed by atoms with Crippen LogP contribution in [0.25, 0.3) is 0 Å². The van der Waals surface area contributed by atoms with Gasteiger partial charge in [-0.15, -0.1) is 0 Å². The molecule has 2 aromatic carbocycles. The molecule has 0 fully saturated rings. The van der Waals surface area contributed by atoms with Crippen LogP contribution in [0.2, 0.25) is 13.1 Å². The fourth-order valence-corrected chi connectivity index (χ4v) is 5.72. The highest BCUT2D eigenvalue weighted by Gasteiger charge is 2.34. The Labute approximate surface area is 116 Å². The van der Waals surface area contributed by atoms with Crippen molar-refractivity contribution in [3.8, 4) is 6.07 Å². The van der Waals surface area contributed by atoms with Crippen LogP contribution in [0, 0.1) is 11.3 Å². The summed E-state index contributed by atoms with van der Waals surface area (Å²) >= 11 is 0. The van der Waals surface area contributed by atoms with E-state index in [9.17, 15) is 5.26 Å². The molecular formula is C17H19NSi. The van der Waals surface area contributed by atoms with Gasteiger partial charge in [-0.1, -0.05) is 78.9 Å². The minimum Gasteiger partial charge on any atom is -0.198 e. The van der Waals surface area contributed by atoms with Gasteiger partial charge in [-0.05, 0) is 11.1 Å². The van der Waals surface area contributed by atoms with Crippen LogP contribution in [0.1, 0.15) is 17.5 Å². The molecule has 0 radical (unpaired) electrons. The largest absolute Gasteiger partial charge is 0.198 e. The first-order valence-electron chi connectivity index (χ1n) is 6.63. The summed E-state index contributed by atoms with van der Waals surface area (Å²) < 4.78 is 0. The van der Waals surface area contributed by atoms with E-state index in [1.54, 1.807) is 0 Å². The standard InChI is InChI=1S/C17H19NSi/c1-19(2,16-11-7-4-8-12-16)17(13-14-18)15-9-5-3-6-10-15/h3-12,17H,13H2,1-2H3. The van der Waals surface area contributed by atoms with Crippen molar-refractivity contribution in [2.75, 3.05) is 0 Å². The molecule has 2 aromatic rings. The van der Waals surface area contributed by atoms with E-state index in [4.69, 9.17) is 0 Å². The van der Waals surface area contributed by atoms with Gasteiger partial charge in [-0.2, -0.15) is 5.26 Å². The van der Waals surface area contributed by atoms with Gasteiger partial charge in [0.1, 0.15) is 0 Å². The number of nitriles is 1. The molecule has 1 unspecified atom stereocenters. The van der Waals surface area contributed by atoms with Crippen molar-refractivity contribution < 1.29 is 0 Å². The van der Waals surface area contributed by atoms with Gasteiger partial charge in [0.2, 0.25) is 0 Å². The molecule has 1 atom stereocenters. The van der Waals surface area contributed by atoms with E-state index in [-0.39, 0.29) is 0 Å². The Morgan fingerprint density at radius 3 is 2.00 bits per heavy atom. The smallest absolute Gasteiger partial charge is 0.0890 e. The SMILES string of the molecule is C[Si](C)(c1ccccc1)C(CC#N)c1ccccc1. The summed E-state index contributed by atoms with van der Waals surface area (Å²) in [5.41, 5.74) is 1.64. The van der Waals surface area contributed by atoms with Gasteiger partial charge >= 0.3 is 0 Å². The zero-order valence-corrected chi connectivity index (χ0v) is 12.5. The van der Waals surface area contributed by atoms with Crippen molar-refractivity contribution in [2.45, 2.75) is 25.1 Å². The summed E-state index contributed by atoms with van der Waals surface area (Å²) in [6.07, 6.45) is 0.595. The zero-order valence-electron chi connectivity index (χ0n) is 11.5. The van der Waals surface area contributed by atoms with Crippen molar-refractivity contribution >= 4 is 13.3 Å². The molecule has 0 heterocycles. The Hall–Kier alpha value is -1.85. The van der Waals surface area contributed by atoms with Crippen molar-refractivity contribution in [3.63, 3.8) is 0 Å². The van der Waals surface area contributed by atoms with Gasteiger partial charge in [0.25, 0.3) is 0 Å². The van der Waals surface area contributed by atoms with E-state index < -0.39 is 8.07 Å². The summed E-state index contributed by atoms with van der Waals surface area (Å²) in [5, 5.41) is 10.6. The minimum absolute atomic E-state index is 0.348. The van der Waals surface area contributed by atoms with Gasteiger partial charge in [0.05, 0.1) is 14.1 Å². The van der Waals surface area contributed by atoms with Crippen LogP contribution in [0.5, 0.6) is 0 Å². The normalized spacial score (nSPS) is 12.7. The van der Waals surface area contributed by atoms with Gasteiger partial charge < -0.3 is 0 Å². The summed E-state index contributed by atoms with van der Waals surface area (Å²) in [6.45, 7) is 4.72. The Morgan fingerprint density at radius 1 is 0.947 bits per heavy atom. The third kappa shape index (κ3) is 2.94. The predicted molar refractivity (Wildman–Crippen MR) is 83.0 cm³/mol. The molecule has 0 saturated carbocycles. The fourth-order valence-electron chi connectivity index (χ4n) is 2.64. The first kappa shape index (κ1) is 13.6. The Morgan fingerprint density at radius 2 is 1.47 bits per heavy atom. The van der Waals surface area contributed by atoms with Crippen LogP contribution in [0.4, 0.5) is 0 Å². The lowest BCUT2D eigenvalue weighted by molar-refractivity contribution is 0.924. The molecule has 19 heavy (non-hydrogen) atoms. The Kier molecular flexibility index (Phi) is 4.19. The van der Waals surface area contributed by atoms with Gasteiger partial charge in [0, 0.05) is 6.42 Å². The second kappa shape index (κ2) is 5.86. The first-order valence-corrected chi connectivity index (χ1v) is 9.71. The van der Waals surface area contributed by atoms with Crippen LogP contribution in [-0.4, -0.2) is 8.07 Å².